The Hall–Kier alpha value is -2.62. The lowest BCUT2D eigenvalue weighted by Gasteiger charge is -2.22. The minimum absolute atomic E-state index is 0.0614. The van der Waals surface area contributed by atoms with Crippen LogP contribution >= 0.6 is 0 Å². The minimum Gasteiger partial charge on any atom is -0.488 e. The van der Waals surface area contributed by atoms with E-state index in [-0.39, 0.29) is 17.9 Å². The molecule has 0 saturated heterocycles. The molecule has 0 unspecified atom stereocenters. The van der Waals surface area contributed by atoms with Crippen LogP contribution in [0.3, 0.4) is 0 Å². The third-order valence-corrected chi connectivity index (χ3v) is 4.10. The zero-order chi connectivity index (χ0) is 16.4. The predicted octanol–water partition coefficient (Wildman–Crippen LogP) is 4.05. The molecule has 0 fully saturated rings. The fourth-order valence-electron chi connectivity index (χ4n) is 2.78. The van der Waals surface area contributed by atoms with Crippen LogP contribution in [0.1, 0.15) is 47.4 Å². The second kappa shape index (κ2) is 6.24. The first-order valence-electron chi connectivity index (χ1n) is 7.90. The number of hydrogen-bond acceptors (Lipinski definition) is 3. The molecule has 2 aromatic carbocycles. The highest BCUT2D eigenvalue weighted by molar-refractivity contribution is 6.34. The smallest absolute Gasteiger partial charge is 0.266 e. The maximum Gasteiger partial charge on any atom is 0.266 e. The van der Waals surface area contributed by atoms with Crippen LogP contribution in [0.2, 0.25) is 0 Å². The lowest BCUT2D eigenvalue weighted by atomic mass is 10.1. The van der Waals surface area contributed by atoms with Crippen molar-refractivity contribution in [1.82, 2.24) is 0 Å². The molecule has 4 nitrogen and oxygen atoms in total. The Labute approximate surface area is 135 Å². The molecule has 0 N–H and O–H groups in total. The first kappa shape index (κ1) is 15.3. The maximum absolute atomic E-state index is 12.6. The maximum atomic E-state index is 12.6. The van der Waals surface area contributed by atoms with E-state index in [0.717, 1.165) is 12.8 Å². The van der Waals surface area contributed by atoms with E-state index in [2.05, 4.69) is 13.8 Å². The Kier molecular flexibility index (Phi) is 4.15. The molecular weight excluding hydrogens is 290 g/mol. The highest BCUT2D eigenvalue weighted by Crippen LogP contribution is 2.35. The van der Waals surface area contributed by atoms with E-state index < -0.39 is 0 Å². The van der Waals surface area contributed by atoms with Crippen LogP contribution in [0.25, 0.3) is 0 Å². The molecule has 3 rings (SSSR count). The van der Waals surface area contributed by atoms with Crippen molar-refractivity contribution in [1.29, 1.82) is 0 Å². The quantitative estimate of drug-likeness (QED) is 0.783. The summed E-state index contributed by atoms with van der Waals surface area (Å²) in [4.78, 5) is 26.5. The third-order valence-electron chi connectivity index (χ3n) is 4.10. The third kappa shape index (κ3) is 2.61. The van der Waals surface area contributed by atoms with E-state index in [1.54, 1.807) is 42.5 Å². The molecule has 0 atom stereocenters. The number of ether oxygens (including phenoxy) is 1. The summed E-state index contributed by atoms with van der Waals surface area (Å²) in [6, 6.07) is 14.1. The number of benzene rings is 2. The summed E-state index contributed by atoms with van der Waals surface area (Å²) < 4.78 is 6.01. The van der Waals surface area contributed by atoms with Crippen molar-refractivity contribution in [2.24, 2.45) is 0 Å². The zero-order valence-corrected chi connectivity index (χ0v) is 13.3. The lowest BCUT2D eigenvalue weighted by Crippen LogP contribution is -2.30. The Balaban J connectivity index is 2.01. The van der Waals surface area contributed by atoms with E-state index in [1.807, 2.05) is 6.07 Å². The van der Waals surface area contributed by atoms with Gasteiger partial charge in [-0.05, 0) is 37.1 Å². The van der Waals surface area contributed by atoms with Crippen molar-refractivity contribution < 1.29 is 14.3 Å². The second-order valence-corrected chi connectivity index (χ2v) is 5.52. The monoisotopic (exact) mass is 309 g/mol. The molecule has 1 heterocycles. The number of para-hydroxylation sites is 2. The van der Waals surface area contributed by atoms with Crippen molar-refractivity contribution in [3.63, 3.8) is 0 Å². The summed E-state index contributed by atoms with van der Waals surface area (Å²) in [6.45, 7) is 4.11. The zero-order valence-electron chi connectivity index (χ0n) is 13.3. The predicted molar refractivity (Wildman–Crippen MR) is 89.0 cm³/mol. The molecule has 0 saturated carbocycles. The van der Waals surface area contributed by atoms with Crippen molar-refractivity contribution in [3.8, 4) is 5.75 Å². The summed E-state index contributed by atoms with van der Waals surface area (Å²) in [7, 11) is 0. The fraction of sp³-hybridized carbons (Fsp3) is 0.263. The number of nitrogens with zero attached hydrogens (tertiary/aromatic N) is 1. The standard InChI is InChI=1S/C19H19NO3/c1-3-13(4-2)23-17-12-8-7-11-16(17)20-18(21)14-9-5-6-10-15(14)19(20)22/h5-13H,3-4H2,1-2H3. The lowest BCUT2D eigenvalue weighted by molar-refractivity contribution is 0.0923. The number of amides is 2. The number of imide groups is 1. The molecular formula is C19H19NO3. The largest absolute Gasteiger partial charge is 0.488 e. The Morgan fingerprint density at radius 2 is 1.39 bits per heavy atom. The van der Waals surface area contributed by atoms with Gasteiger partial charge in [0.2, 0.25) is 0 Å². The van der Waals surface area contributed by atoms with Gasteiger partial charge in [-0.3, -0.25) is 9.59 Å². The molecule has 4 heteroatoms. The first-order valence-corrected chi connectivity index (χ1v) is 7.90. The van der Waals surface area contributed by atoms with Crippen LogP contribution in [-0.2, 0) is 0 Å². The van der Waals surface area contributed by atoms with E-state index in [9.17, 15) is 9.59 Å². The van der Waals surface area contributed by atoms with Gasteiger partial charge in [0.1, 0.15) is 5.75 Å². The summed E-state index contributed by atoms with van der Waals surface area (Å²) in [5, 5.41) is 0. The molecule has 1 aliphatic heterocycles. The Morgan fingerprint density at radius 1 is 0.870 bits per heavy atom. The number of rotatable bonds is 5. The van der Waals surface area contributed by atoms with E-state index in [1.165, 1.54) is 4.90 Å². The van der Waals surface area contributed by atoms with Crippen molar-refractivity contribution in [3.05, 3.63) is 59.7 Å². The van der Waals surface area contributed by atoms with Gasteiger partial charge >= 0.3 is 0 Å². The van der Waals surface area contributed by atoms with Gasteiger partial charge in [-0.1, -0.05) is 38.1 Å². The van der Waals surface area contributed by atoms with Crippen molar-refractivity contribution in [2.45, 2.75) is 32.8 Å². The molecule has 0 aliphatic carbocycles. The average molecular weight is 309 g/mol. The molecule has 0 bridgehead atoms. The number of carbonyl (C=O) groups is 2. The average Bonchev–Trinajstić information content (AvgIpc) is 2.85. The van der Waals surface area contributed by atoms with Crippen LogP contribution in [0.15, 0.2) is 48.5 Å². The van der Waals surface area contributed by atoms with Crippen LogP contribution in [-0.4, -0.2) is 17.9 Å². The molecule has 1 aliphatic rings. The summed E-state index contributed by atoms with van der Waals surface area (Å²) >= 11 is 0. The van der Waals surface area contributed by atoms with Gasteiger partial charge in [0.25, 0.3) is 11.8 Å². The molecule has 2 aromatic rings. The number of carbonyl (C=O) groups excluding carboxylic acids is 2. The molecule has 2 amide bonds. The molecule has 0 spiro atoms. The van der Waals surface area contributed by atoms with Gasteiger partial charge in [0.15, 0.2) is 0 Å². The first-order chi connectivity index (χ1) is 11.2. The van der Waals surface area contributed by atoms with Crippen LogP contribution in [0, 0.1) is 0 Å². The van der Waals surface area contributed by atoms with Gasteiger partial charge in [-0.15, -0.1) is 0 Å². The van der Waals surface area contributed by atoms with Crippen LogP contribution in [0.4, 0.5) is 5.69 Å². The molecule has 0 aromatic heterocycles. The highest BCUT2D eigenvalue weighted by Gasteiger charge is 2.37. The van der Waals surface area contributed by atoms with E-state index in [0.29, 0.717) is 22.6 Å². The van der Waals surface area contributed by atoms with E-state index in [4.69, 9.17) is 4.74 Å². The fourth-order valence-corrected chi connectivity index (χ4v) is 2.78. The molecule has 0 radical (unpaired) electrons. The van der Waals surface area contributed by atoms with Gasteiger partial charge in [-0.2, -0.15) is 0 Å². The highest BCUT2D eigenvalue weighted by atomic mass is 16.5. The molecule has 118 valence electrons. The number of fused-ring (bicyclic) bond motifs is 1. The molecule has 23 heavy (non-hydrogen) atoms. The Morgan fingerprint density at radius 3 is 1.96 bits per heavy atom. The summed E-state index contributed by atoms with van der Waals surface area (Å²) in [5.41, 5.74) is 1.38. The SMILES string of the molecule is CCC(CC)Oc1ccccc1N1C(=O)c2ccccc2C1=O. The summed E-state index contributed by atoms with van der Waals surface area (Å²) in [6.07, 6.45) is 1.80. The number of anilines is 1. The van der Waals surface area contributed by atoms with Gasteiger partial charge in [-0.25, -0.2) is 4.90 Å². The Bertz CT molecular complexity index is 715. The van der Waals surface area contributed by atoms with Gasteiger partial charge < -0.3 is 4.74 Å². The topological polar surface area (TPSA) is 46.6 Å². The number of hydrogen-bond donors (Lipinski definition) is 0. The summed E-state index contributed by atoms with van der Waals surface area (Å²) in [5.74, 6) is -0.0342. The van der Waals surface area contributed by atoms with Gasteiger partial charge in [0, 0.05) is 0 Å². The van der Waals surface area contributed by atoms with Crippen molar-refractivity contribution >= 4 is 17.5 Å². The van der Waals surface area contributed by atoms with Crippen LogP contribution in [0.5, 0.6) is 5.75 Å². The van der Waals surface area contributed by atoms with Crippen molar-refractivity contribution in [2.75, 3.05) is 4.90 Å². The normalized spacial score (nSPS) is 13.6. The van der Waals surface area contributed by atoms with Crippen LogP contribution < -0.4 is 9.64 Å². The minimum atomic E-state index is -0.300. The van der Waals surface area contributed by atoms with E-state index >= 15 is 0 Å². The second-order valence-electron chi connectivity index (χ2n) is 5.52. The van der Waals surface area contributed by atoms with Gasteiger partial charge in [0.05, 0.1) is 22.9 Å².